The molecule has 1 amide bonds. The van der Waals surface area contributed by atoms with Gasteiger partial charge in [0, 0.05) is 12.1 Å². The monoisotopic (exact) mass is 264 g/mol. The van der Waals surface area contributed by atoms with Gasteiger partial charge in [0.1, 0.15) is 0 Å². The Morgan fingerprint density at radius 1 is 1.47 bits per heavy atom. The van der Waals surface area contributed by atoms with Crippen molar-refractivity contribution < 1.29 is 14.6 Å². The maximum atomic E-state index is 11.4. The zero-order valence-corrected chi connectivity index (χ0v) is 10.8. The predicted octanol–water partition coefficient (Wildman–Crippen LogP) is 2.31. The summed E-state index contributed by atoms with van der Waals surface area (Å²) in [7, 11) is 0. The summed E-state index contributed by atoms with van der Waals surface area (Å²) in [5, 5.41) is 10.8. The summed E-state index contributed by atoms with van der Waals surface area (Å²) in [4.78, 5) is 26.6. The van der Waals surface area contributed by atoms with Gasteiger partial charge in [0.2, 0.25) is 0 Å². The zero-order chi connectivity index (χ0) is 14.3. The van der Waals surface area contributed by atoms with Gasteiger partial charge in [0.25, 0.3) is 11.6 Å². The summed E-state index contributed by atoms with van der Waals surface area (Å²) in [5.41, 5.74) is 2.56. The Bertz CT molecular complexity index is 483. The molecular weight excluding hydrogens is 248 g/mol. The van der Waals surface area contributed by atoms with Crippen LogP contribution in [0.5, 0.6) is 0 Å². The van der Waals surface area contributed by atoms with Crippen molar-refractivity contribution in [3.05, 3.63) is 46.0 Å². The van der Waals surface area contributed by atoms with Crippen LogP contribution in [0.15, 0.2) is 30.3 Å². The van der Waals surface area contributed by atoms with E-state index in [0.29, 0.717) is 18.1 Å². The number of hydrogen-bond acceptors (Lipinski definition) is 4. The number of amides is 1. The molecule has 0 saturated carbocycles. The minimum atomic E-state index is -0.493. The topological polar surface area (TPSA) is 81.5 Å². The number of nitrogens with one attached hydrogen (secondary N) is 1. The second-order valence-corrected chi connectivity index (χ2v) is 4.32. The van der Waals surface area contributed by atoms with Crippen LogP contribution in [-0.4, -0.2) is 17.4 Å². The number of nitrogens with zero attached hydrogens (tertiary/aromatic N) is 1. The second-order valence-electron chi connectivity index (χ2n) is 4.32. The van der Waals surface area contributed by atoms with E-state index in [1.165, 1.54) is 18.2 Å². The first-order chi connectivity index (χ1) is 9.00. The number of carbonyl (C=O) groups excluding carboxylic acids is 1. The molecule has 6 heteroatoms. The van der Waals surface area contributed by atoms with Gasteiger partial charge in [0.05, 0.1) is 17.1 Å². The van der Waals surface area contributed by atoms with Gasteiger partial charge < -0.3 is 0 Å². The van der Waals surface area contributed by atoms with E-state index < -0.39 is 10.8 Å². The quantitative estimate of drug-likeness (QED) is 0.485. The molecule has 0 fully saturated rings. The molecule has 0 unspecified atom stereocenters. The van der Waals surface area contributed by atoms with Crippen LogP contribution >= 0.6 is 0 Å². The number of nitro groups is 1. The molecule has 1 aromatic rings. The molecule has 0 heterocycles. The first-order valence-electron chi connectivity index (χ1n) is 5.84. The van der Waals surface area contributed by atoms with Gasteiger partial charge in [-0.15, -0.1) is 0 Å². The lowest BCUT2D eigenvalue weighted by Gasteiger charge is -2.05. The summed E-state index contributed by atoms with van der Waals surface area (Å²) in [6, 6.07) is 6.19. The molecule has 1 aromatic carbocycles. The highest BCUT2D eigenvalue weighted by atomic mass is 16.7. The van der Waals surface area contributed by atoms with Crippen LogP contribution in [0.25, 0.3) is 6.08 Å². The zero-order valence-electron chi connectivity index (χ0n) is 10.8. The average Bonchev–Trinajstić information content (AvgIpc) is 2.36. The molecule has 0 aromatic heterocycles. The number of carbonyl (C=O) groups is 1. The maximum absolute atomic E-state index is 11.4. The van der Waals surface area contributed by atoms with Gasteiger partial charge in [-0.1, -0.05) is 26.0 Å². The summed E-state index contributed by atoms with van der Waals surface area (Å²) in [6.07, 6.45) is 2.58. The van der Waals surface area contributed by atoms with Crippen molar-refractivity contribution in [1.29, 1.82) is 0 Å². The van der Waals surface area contributed by atoms with E-state index in [9.17, 15) is 14.9 Å². The molecule has 6 nitrogen and oxygen atoms in total. The van der Waals surface area contributed by atoms with Gasteiger partial charge in [-0.3, -0.25) is 19.7 Å². The van der Waals surface area contributed by atoms with Crippen molar-refractivity contribution in [3.8, 4) is 0 Å². The second kappa shape index (κ2) is 7.27. The third-order valence-corrected chi connectivity index (χ3v) is 2.14. The van der Waals surface area contributed by atoms with Crippen LogP contribution in [0.3, 0.4) is 0 Å². The lowest BCUT2D eigenvalue weighted by Crippen LogP contribution is -2.23. The molecule has 1 N–H and O–H groups in total. The fourth-order valence-corrected chi connectivity index (χ4v) is 1.27. The molecule has 0 aliphatic rings. The molecule has 19 heavy (non-hydrogen) atoms. The summed E-state index contributed by atoms with van der Waals surface area (Å²) >= 11 is 0. The maximum Gasteiger partial charge on any atom is 0.276 e. The molecular formula is C13H16N2O4. The van der Waals surface area contributed by atoms with Crippen LogP contribution in [0, 0.1) is 16.0 Å². The first-order valence-corrected chi connectivity index (χ1v) is 5.84. The van der Waals surface area contributed by atoms with E-state index in [-0.39, 0.29) is 5.69 Å². The van der Waals surface area contributed by atoms with Gasteiger partial charge in [-0.2, -0.15) is 0 Å². The van der Waals surface area contributed by atoms with Gasteiger partial charge in [-0.25, -0.2) is 5.48 Å². The Morgan fingerprint density at radius 2 is 2.16 bits per heavy atom. The standard InChI is InChI=1S/C13H16N2O4/c1-10(2)9-19-14-13(16)8-7-11-5-3-4-6-12(11)15(17)18/h3-8,10H,9H2,1-2H3,(H,14,16)/b8-7+. The number of rotatable bonds is 6. The van der Waals surface area contributed by atoms with E-state index in [2.05, 4.69) is 5.48 Å². The Labute approximate surface area is 111 Å². The third kappa shape index (κ3) is 5.31. The van der Waals surface area contributed by atoms with Crippen molar-refractivity contribution in [2.45, 2.75) is 13.8 Å². The highest BCUT2D eigenvalue weighted by molar-refractivity contribution is 5.91. The Balaban J connectivity index is 2.61. The Kier molecular flexibility index (Phi) is 5.69. The van der Waals surface area contributed by atoms with Crippen molar-refractivity contribution in [2.24, 2.45) is 5.92 Å². The van der Waals surface area contributed by atoms with Gasteiger partial charge >= 0.3 is 0 Å². The number of nitro benzene ring substituents is 1. The van der Waals surface area contributed by atoms with Crippen molar-refractivity contribution >= 4 is 17.7 Å². The van der Waals surface area contributed by atoms with Crippen LogP contribution in [0.4, 0.5) is 5.69 Å². The minimum Gasteiger partial charge on any atom is -0.273 e. The van der Waals surface area contributed by atoms with Crippen LogP contribution in [0.2, 0.25) is 0 Å². The molecule has 1 rings (SSSR count). The minimum absolute atomic E-state index is 0.0466. The molecule has 0 bridgehead atoms. The summed E-state index contributed by atoms with van der Waals surface area (Å²) in [5.74, 6) is -0.154. The number of hydrogen-bond donors (Lipinski definition) is 1. The summed E-state index contributed by atoms with van der Waals surface area (Å²) in [6.45, 7) is 4.32. The summed E-state index contributed by atoms with van der Waals surface area (Å²) < 4.78 is 0. The van der Waals surface area contributed by atoms with Crippen LogP contribution in [-0.2, 0) is 9.63 Å². The lowest BCUT2D eigenvalue weighted by molar-refractivity contribution is -0.385. The van der Waals surface area contributed by atoms with Gasteiger partial charge in [0.15, 0.2) is 0 Å². The highest BCUT2D eigenvalue weighted by Gasteiger charge is 2.09. The normalized spacial score (nSPS) is 10.9. The van der Waals surface area contributed by atoms with E-state index in [0.717, 1.165) is 0 Å². The molecule has 0 aliphatic heterocycles. The molecule has 0 atom stereocenters. The smallest absolute Gasteiger partial charge is 0.273 e. The van der Waals surface area contributed by atoms with Crippen molar-refractivity contribution in [3.63, 3.8) is 0 Å². The number of para-hydroxylation sites is 1. The molecule has 102 valence electrons. The van der Waals surface area contributed by atoms with Crippen LogP contribution in [0.1, 0.15) is 19.4 Å². The van der Waals surface area contributed by atoms with Gasteiger partial charge in [-0.05, 0) is 18.1 Å². The third-order valence-electron chi connectivity index (χ3n) is 2.14. The van der Waals surface area contributed by atoms with E-state index in [1.807, 2.05) is 13.8 Å². The molecule has 0 saturated heterocycles. The lowest BCUT2D eigenvalue weighted by atomic mass is 10.1. The first kappa shape index (κ1) is 14.8. The molecule has 0 aliphatic carbocycles. The Hall–Kier alpha value is -2.21. The number of hydroxylamine groups is 1. The van der Waals surface area contributed by atoms with E-state index in [4.69, 9.17) is 4.84 Å². The average molecular weight is 264 g/mol. The van der Waals surface area contributed by atoms with E-state index in [1.54, 1.807) is 18.2 Å². The van der Waals surface area contributed by atoms with Crippen LogP contribution < -0.4 is 5.48 Å². The fraction of sp³-hybridized carbons (Fsp3) is 0.308. The predicted molar refractivity (Wildman–Crippen MR) is 71.1 cm³/mol. The molecule has 0 radical (unpaired) electrons. The fourth-order valence-electron chi connectivity index (χ4n) is 1.27. The van der Waals surface area contributed by atoms with Crippen molar-refractivity contribution in [1.82, 2.24) is 5.48 Å². The Morgan fingerprint density at radius 3 is 2.79 bits per heavy atom. The molecule has 0 spiro atoms. The number of benzene rings is 1. The highest BCUT2D eigenvalue weighted by Crippen LogP contribution is 2.18. The largest absolute Gasteiger partial charge is 0.276 e. The van der Waals surface area contributed by atoms with E-state index >= 15 is 0 Å². The van der Waals surface area contributed by atoms with Crippen molar-refractivity contribution in [2.75, 3.05) is 6.61 Å². The SMILES string of the molecule is CC(C)CONC(=O)/C=C/c1ccccc1[N+](=O)[O-].